The van der Waals surface area contributed by atoms with Crippen LogP contribution in [-0.2, 0) is 4.79 Å². The van der Waals surface area contributed by atoms with Gasteiger partial charge in [0.25, 0.3) is 0 Å². The molecule has 1 aliphatic rings. The van der Waals surface area contributed by atoms with E-state index in [9.17, 15) is 9.59 Å². The number of piperidine rings is 1. The second-order valence-corrected chi connectivity index (χ2v) is 8.90. The zero-order valence-electron chi connectivity index (χ0n) is 14.7. The van der Waals surface area contributed by atoms with E-state index >= 15 is 0 Å². The molecule has 1 heterocycles. The highest BCUT2D eigenvalue weighted by Crippen LogP contribution is 2.30. The predicted molar refractivity (Wildman–Crippen MR) is 102 cm³/mol. The topological polar surface area (TPSA) is 75.4 Å². The highest BCUT2D eigenvalue weighted by atomic mass is 32.2. The first-order valence-corrected chi connectivity index (χ1v) is 9.37. The number of nitrogens with zero attached hydrogens (tertiary/aromatic N) is 1. The van der Waals surface area contributed by atoms with Crippen molar-refractivity contribution in [3.8, 4) is 0 Å². The fraction of sp³-hybridized carbons (Fsp3) is 0.556. The van der Waals surface area contributed by atoms with Crippen LogP contribution in [-0.4, -0.2) is 35.4 Å². The van der Waals surface area contributed by atoms with Gasteiger partial charge in [0.2, 0.25) is 11.8 Å². The third kappa shape index (κ3) is 5.44. The number of thioether (sulfide) groups is 1. The fourth-order valence-electron chi connectivity index (χ4n) is 2.67. The number of nitrogens with two attached hydrogens (primary N) is 1. The number of hydrogen-bond donors (Lipinski definition) is 2. The molecule has 5 nitrogen and oxygen atoms in total. The number of primary amides is 1. The molecule has 1 aromatic carbocycles. The van der Waals surface area contributed by atoms with Crippen molar-refractivity contribution in [3.63, 3.8) is 0 Å². The zero-order chi connectivity index (χ0) is 17.7. The molecule has 0 aromatic heterocycles. The second kappa shape index (κ2) is 7.92. The molecule has 1 aromatic rings. The van der Waals surface area contributed by atoms with Crippen LogP contribution in [0.5, 0.6) is 0 Å². The van der Waals surface area contributed by atoms with Crippen LogP contribution in [0, 0.1) is 0 Å². The first kappa shape index (κ1) is 18.6. The Morgan fingerprint density at radius 2 is 1.88 bits per heavy atom. The number of carbonyl (C=O) groups excluding carboxylic acids is 2. The molecule has 1 aliphatic heterocycles. The molecule has 0 aliphatic carbocycles. The van der Waals surface area contributed by atoms with Crippen molar-refractivity contribution in [2.24, 2.45) is 5.73 Å². The number of benzene rings is 1. The Hall–Kier alpha value is -1.69. The molecule has 3 N–H and O–H groups in total. The lowest BCUT2D eigenvalue weighted by Gasteiger charge is -2.31. The Balaban J connectivity index is 2.19. The van der Waals surface area contributed by atoms with Crippen molar-refractivity contribution in [1.29, 1.82) is 0 Å². The van der Waals surface area contributed by atoms with Gasteiger partial charge >= 0.3 is 0 Å². The van der Waals surface area contributed by atoms with Crippen molar-refractivity contribution in [2.75, 3.05) is 29.1 Å². The minimum Gasteiger partial charge on any atom is -0.370 e. The number of carbonyl (C=O) groups is 2. The number of hydrogen-bond acceptors (Lipinski definition) is 4. The summed E-state index contributed by atoms with van der Waals surface area (Å²) < 4.78 is 0.0299. The van der Waals surface area contributed by atoms with Crippen LogP contribution in [0.25, 0.3) is 0 Å². The molecule has 6 heteroatoms. The van der Waals surface area contributed by atoms with Crippen molar-refractivity contribution in [3.05, 3.63) is 23.8 Å². The molecule has 0 unspecified atom stereocenters. The van der Waals surface area contributed by atoms with Gasteiger partial charge in [0.15, 0.2) is 0 Å². The summed E-state index contributed by atoms with van der Waals surface area (Å²) in [6, 6.07) is 5.30. The lowest BCUT2D eigenvalue weighted by atomic mass is 10.1. The molecule has 1 fully saturated rings. The quantitative estimate of drug-likeness (QED) is 0.856. The van der Waals surface area contributed by atoms with E-state index in [0.29, 0.717) is 17.0 Å². The van der Waals surface area contributed by atoms with E-state index in [0.717, 1.165) is 31.6 Å². The van der Waals surface area contributed by atoms with Gasteiger partial charge < -0.3 is 16.0 Å². The van der Waals surface area contributed by atoms with Gasteiger partial charge in [0.05, 0.1) is 17.1 Å². The Bertz CT molecular complexity index is 605. The summed E-state index contributed by atoms with van der Waals surface area (Å²) in [4.78, 5) is 26.0. The van der Waals surface area contributed by atoms with Crippen LogP contribution in [0.15, 0.2) is 18.2 Å². The first-order valence-electron chi connectivity index (χ1n) is 8.39. The van der Waals surface area contributed by atoms with E-state index in [1.807, 2.05) is 6.07 Å². The second-order valence-electron chi connectivity index (χ2n) is 7.09. The summed E-state index contributed by atoms with van der Waals surface area (Å²) >= 11 is 1.60. The maximum atomic E-state index is 12.3. The van der Waals surface area contributed by atoms with Crippen molar-refractivity contribution < 1.29 is 9.59 Å². The molecular formula is C18H27N3O2S. The van der Waals surface area contributed by atoms with Gasteiger partial charge in [-0.25, -0.2) is 0 Å². The molecule has 0 radical (unpaired) electrons. The van der Waals surface area contributed by atoms with Gasteiger partial charge in [0.1, 0.15) is 0 Å². The minimum atomic E-state index is -0.486. The highest BCUT2D eigenvalue weighted by molar-refractivity contribution is 8.01. The molecule has 0 spiro atoms. The summed E-state index contributed by atoms with van der Waals surface area (Å²) in [5.74, 6) is -0.168. The SMILES string of the molecule is CC(C)(C)SCC(=O)Nc1cc(C(N)=O)ccc1N1CCCCC1. The summed E-state index contributed by atoms with van der Waals surface area (Å²) in [7, 11) is 0. The number of anilines is 2. The number of amides is 2. The van der Waals surface area contributed by atoms with Gasteiger partial charge in [-0.1, -0.05) is 20.8 Å². The predicted octanol–water partition coefficient (Wildman–Crippen LogP) is 3.25. The van der Waals surface area contributed by atoms with E-state index in [1.54, 1.807) is 23.9 Å². The van der Waals surface area contributed by atoms with Gasteiger partial charge in [-0.05, 0) is 37.5 Å². The zero-order valence-corrected chi connectivity index (χ0v) is 15.5. The molecule has 0 bridgehead atoms. The lowest BCUT2D eigenvalue weighted by Crippen LogP contribution is -2.31. The van der Waals surface area contributed by atoms with E-state index in [1.165, 1.54) is 6.42 Å². The Kier molecular flexibility index (Phi) is 6.15. The lowest BCUT2D eigenvalue weighted by molar-refractivity contribution is -0.113. The molecule has 0 saturated carbocycles. The molecule has 2 rings (SSSR count). The van der Waals surface area contributed by atoms with Crippen molar-refractivity contribution >= 4 is 35.0 Å². The van der Waals surface area contributed by atoms with Gasteiger partial charge in [0, 0.05) is 23.4 Å². The smallest absolute Gasteiger partial charge is 0.248 e. The van der Waals surface area contributed by atoms with Crippen LogP contribution < -0.4 is 16.0 Å². The molecule has 132 valence electrons. The van der Waals surface area contributed by atoms with E-state index in [-0.39, 0.29) is 10.7 Å². The van der Waals surface area contributed by atoms with E-state index in [2.05, 4.69) is 31.0 Å². The summed E-state index contributed by atoms with van der Waals surface area (Å²) in [5.41, 5.74) is 7.44. The van der Waals surface area contributed by atoms with Crippen LogP contribution in [0.2, 0.25) is 0 Å². The van der Waals surface area contributed by atoms with E-state index < -0.39 is 5.91 Å². The first-order chi connectivity index (χ1) is 11.3. The van der Waals surface area contributed by atoms with Crippen molar-refractivity contribution in [1.82, 2.24) is 0 Å². The van der Waals surface area contributed by atoms with Crippen LogP contribution >= 0.6 is 11.8 Å². The van der Waals surface area contributed by atoms with Gasteiger partial charge in [-0.3, -0.25) is 9.59 Å². The highest BCUT2D eigenvalue weighted by Gasteiger charge is 2.19. The maximum Gasteiger partial charge on any atom is 0.248 e. The fourth-order valence-corrected chi connectivity index (χ4v) is 3.30. The number of rotatable bonds is 5. The van der Waals surface area contributed by atoms with Crippen LogP contribution in [0.1, 0.15) is 50.4 Å². The average Bonchev–Trinajstić information content (AvgIpc) is 2.53. The van der Waals surface area contributed by atoms with E-state index in [4.69, 9.17) is 5.73 Å². The average molecular weight is 350 g/mol. The maximum absolute atomic E-state index is 12.3. The van der Waals surface area contributed by atoms with Gasteiger partial charge in [-0.15, -0.1) is 11.8 Å². The normalized spacial score (nSPS) is 15.2. The summed E-state index contributed by atoms with van der Waals surface area (Å²) in [6.45, 7) is 8.18. The molecule has 2 amide bonds. The third-order valence-electron chi connectivity index (χ3n) is 3.89. The largest absolute Gasteiger partial charge is 0.370 e. The summed E-state index contributed by atoms with van der Waals surface area (Å²) in [6.07, 6.45) is 3.52. The minimum absolute atomic E-state index is 0.0299. The molecule has 1 saturated heterocycles. The van der Waals surface area contributed by atoms with Crippen LogP contribution in [0.4, 0.5) is 11.4 Å². The van der Waals surface area contributed by atoms with Gasteiger partial charge in [-0.2, -0.15) is 0 Å². The molecular weight excluding hydrogens is 322 g/mol. The monoisotopic (exact) mass is 349 g/mol. The van der Waals surface area contributed by atoms with Crippen LogP contribution in [0.3, 0.4) is 0 Å². The number of nitrogens with one attached hydrogen (secondary N) is 1. The summed E-state index contributed by atoms with van der Waals surface area (Å²) in [5, 5.41) is 2.97. The third-order valence-corrected chi connectivity index (χ3v) is 5.16. The standard InChI is InChI=1S/C18H27N3O2S/c1-18(2,3)24-12-16(22)20-14-11-13(17(19)23)7-8-15(14)21-9-5-4-6-10-21/h7-8,11H,4-6,9-10,12H2,1-3H3,(H2,19,23)(H,20,22). The van der Waals surface area contributed by atoms with Crippen molar-refractivity contribution in [2.45, 2.75) is 44.8 Å². The Morgan fingerprint density at radius 3 is 2.46 bits per heavy atom. The Morgan fingerprint density at radius 1 is 1.21 bits per heavy atom. The molecule has 24 heavy (non-hydrogen) atoms. The molecule has 0 atom stereocenters. The Labute approximate surface area is 148 Å².